The van der Waals surface area contributed by atoms with E-state index in [1.54, 1.807) is 36.7 Å². The molecular formula is C24H22FN5O2. The number of halogens is 1. The molecule has 0 aliphatic rings. The fraction of sp³-hybridized carbons (Fsp3) is 0.167. The predicted molar refractivity (Wildman–Crippen MR) is 118 cm³/mol. The Bertz CT molecular complexity index is 1180. The van der Waals surface area contributed by atoms with Crippen molar-refractivity contribution in [3.05, 3.63) is 90.1 Å². The van der Waals surface area contributed by atoms with E-state index in [9.17, 15) is 9.18 Å². The normalized spacial score (nSPS) is 10.7. The van der Waals surface area contributed by atoms with Gasteiger partial charge in [-0.3, -0.25) is 9.78 Å². The summed E-state index contributed by atoms with van der Waals surface area (Å²) in [7, 11) is 0. The molecule has 2 aromatic heterocycles. The summed E-state index contributed by atoms with van der Waals surface area (Å²) in [6.45, 7) is 3.04. The number of nitrogens with zero attached hydrogens (tertiary/aromatic N) is 4. The van der Waals surface area contributed by atoms with Gasteiger partial charge in [0.15, 0.2) is 5.69 Å². The van der Waals surface area contributed by atoms with E-state index in [4.69, 9.17) is 4.74 Å². The summed E-state index contributed by atoms with van der Waals surface area (Å²) in [4.78, 5) is 17.0. The molecule has 0 aliphatic carbocycles. The molecule has 162 valence electrons. The van der Waals surface area contributed by atoms with Crippen LogP contribution in [0.3, 0.4) is 0 Å². The van der Waals surface area contributed by atoms with Crippen LogP contribution in [0.5, 0.6) is 5.75 Å². The van der Waals surface area contributed by atoms with Gasteiger partial charge < -0.3 is 10.1 Å². The molecule has 0 unspecified atom stereocenters. The first kappa shape index (κ1) is 21.2. The van der Waals surface area contributed by atoms with Gasteiger partial charge in [-0.2, -0.15) is 0 Å². The molecule has 2 aromatic carbocycles. The zero-order valence-corrected chi connectivity index (χ0v) is 17.5. The summed E-state index contributed by atoms with van der Waals surface area (Å²) in [5, 5.41) is 11.2. The Morgan fingerprint density at radius 1 is 1.03 bits per heavy atom. The van der Waals surface area contributed by atoms with E-state index in [1.165, 1.54) is 16.8 Å². The van der Waals surface area contributed by atoms with Crippen molar-refractivity contribution >= 4 is 5.91 Å². The van der Waals surface area contributed by atoms with E-state index >= 15 is 0 Å². The van der Waals surface area contributed by atoms with Crippen LogP contribution in [-0.4, -0.2) is 32.5 Å². The summed E-state index contributed by atoms with van der Waals surface area (Å²) in [6.07, 6.45) is 4.19. The van der Waals surface area contributed by atoms with Crippen molar-refractivity contribution in [1.29, 1.82) is 0 Å². The molecule has 4 aromatic rings. The third-order valence-corrected chi connectivity index (χ3v) is 4.76. The molecule has 0 fully saturated rings. The van der Waals surface area contributed by atoms with Gasteiger partial charge in [0, 0.05) is 24.5 Å². The zero-order chi connectivity index (χ0) is 22.3. The minimum absolute atomic E-state index is 0.170. The Balaban J connectivity index is 1.57. The molecule has 1 N–H and O–H groups in total. The standard InChI is InChI=1S/C24H22FN5O2/c1-2-15-32-21-9-3-17(4-10-21)16-27-24(31)22-23(18-11-13-26-14-12-18)30(29-28-22)20-7-5-19(25)6-8-20/h3-14H,2,15-16H2,1H3,(H,27,31). The van der Waals surface area contributed by atoms with E-state index in [1.807, 2.05) is 24.3 Å². The molecule has 2 heterocycles. The lowest BCUT2D eigenvalue weighted by molar-refractivity contribution is 0.0946. The second-order valence-electron chi connectivity index (χ2n) is 7.09. The second kappa shape index (κ2) is 9.82. The number of hydrogen-bond acceptors (Lipinski definition) is 5. The zero-order valence-electron chi connectivity index (χ0n) is 17.5. The third-order valence-electron chi connectivity index (χ3n) is 4.76. The van der Waals surface area contributed by atoms with Crippen LogP contribution in [0, 0.1) is 5.82 Å². The van der Waals surface area contributed by atoms with Gasteiger partial charge in [-0.25, -0.2) is 9.07 Å². The van der Waals surface area contributed by atoms with Crippen molar-refractivity contribution in [1.82, 2.24) is 25.3 Å². The number of ether oxygens (including phenoxy) is 1. The number of hydrogen-bond donors (Lipinski definition) is 1. The molecule has 0 atom stereocenters. The first-order valence-corrected chi connectivity index (χ1v) is 10.3. The van der Waals surface area contributed by atoms with E-state index in [2.05, 4.69) is 27.5 Å². The molecule has 32 heavy (non-hydrogen) atoms. The Hall–Kier alpha value is -4.07. The van der Waals surface area contributed by atoms with Crippen LogP contribution in [0.25, 0.3) is 16.9 Å². The molecular weight excluding hydrogens is 409 g/mol. The monoisotopic (exact) mass is 431 g/mol. The molecule has 0 bridgehead atoms. The lowest BCUT2D eigenvalue weighted by Gasteiger charge is -2.09. The van der Waals surface area contributed by atoms with Crippen molar-refractivity contribution in [2.45, 2.75) is 19.9 Å². The lowest BCUT2D eigenvalue weighted by atomic mass is 10.1. The molecule has 8 heteroatoms. The van der Waals surface area contributed by atoms with E-state index < -0.39 is 0 Å². The Kier molecular flexibility index (Phi) is 6.50. The SMILES string of the molecule is CCCOc1ccc(CNC(=O)c2nnn(-c3ccc(F)cc3)c2-c2ccncc2)cc1. The first-order chi connectivity index (χ1) is 15.7. The maximum absolute atomic E-state index is 13.4. The van der Waals surface area contributed by atoms with Gasteiger partial charge in [0.1, 0.15) is 17.3 Å². The molecule has 0 aliphatic heterocycles. The number of amides is 1. The van der Waals surface area contributed by atoms with Gasteiger partial charge in [-0.15, -0.1) is 5.10 Å². The highest BCUT2D eigenvalue weighted by atomic mass is 19.1. The second-order valence-corrected chi connectivity index (χ2v) is 7.09. The van der Waals surface area contributed by atoms with Gasteiger partial charge in [-0.1, -0.05) is 24.3 Å². The van der Waals surface area contributed by atoms with Crippen LogP contribution >= 0.6 is 0 Å². The van der Waals surface area contributed by atoms with Crippen LogP contribution in [-0.2, 0) is 6.54 Å². The number of aromatic nitrogens is 4. The molecule has 0 spiro atoms. The summed E-state index contributed by atoms with van der Waals surface area (Å²) < 4.78 is 20.5. The van der Waals surface area contributed by atoms with Crippen molar-refractivity contribution in [3.8, 4) is 22.7 Å². The average molecular weight is 431 g/mol. The maximum atomic E-state index is 13.4. The van der Waals surface area contributed by atoms with Crippen molar-refractivity contribution < 1.29 is 13.9 Å². The number of benzene rings is 2. The molecule has 4 rings (SSSR count). The minimum Gasteiger partial charge on any atom is -0.494 e. The highest BCUT2D eigenvalue weighted by Gasteiger charge is 2.22. The van der Waals surface area contributed by atoms with Gasteiger partial charge in [0.2, 0.25) is 0 Å². The summed E-state index contributed by atoms with van der Waals surface area (Å²) in [5.41, 5.74) is 2.91. The largest absolute Gasteiger partial charge is 0.494 e. The molecule has 0 saturated carbocycles. The van der Waals surface area contributed by atoms with Crippen LogP contribution in [0.1, 0.15) is 29.4 Å². The smallest absolute Gasteiger partial charge is 0.274 e. The third kappa shape index (κ3) is 4.80. The Morgan fingerprint density at radius 2 is 1.75 bits per heavy atom. The fourth-order valence-electron chi connectivity index (χ4n) is 3.16. The first-order valence-electron chi connectivity index (χ1n) is 10.3. The summed E-state index contributed by atoms with van der Waals surface area (Å²) in [6, 6.07) is 16.9. The van der Waals surface area contributed by atoms with E-state index in [-0.39, 0.29) is 17.4 Å². The van der Waals surface area contributed by atoms with Crippen LogP contribution in [0.4, 0.5) is 4.39 Å². The van der Waals surface area contributed by atoms with Gasteiger partial charge in [0.25, 0.3) is 5.91 Å². The number of carbonyl (C=O) groups excluding carboxylic acids is 1. The number of rotatable bonds is 8. The number of carbonyl (C=O) groups is 1. The molecule has 0 radical (unpaired) electrons. The maximum Gasteiger partial charge on any atom is 0.274 e. The van der Waals surface area contributed by atoms with Gasteiger partial charge in [0.05, 0.1) is 12.3 Å². The van der Waals surface area contributed by atoms with E-state index in [0.717, 1.165) is 23.3 Å². The highest BCUT2D eigenvalue weighted by Crippen LogP contribution is 2.25. The predicted octanol–water partition coefficient (Wildman–Crippen LogP) is 4.19. The topological polar surface area (TPSA) is 81.9 Å². The fourth-order valence-corrected chi connectivity index (χ4v) is 3.16. The van der Waals surface area contributed by atoms with Crippen molar-refractivity contribution in [2.75, 3.05) is 6.61 Å². The van der Waals surface area contributed by atoms with E-state index in [0.29, 0.717) is 24.5 Å². The summed E-state index contributed by atoms with van der Waals surface area (Å²) in [5.74, 6) is 0.0732. The molecule has 1 amide bonds. The van der Waals surface area contributed by atoms with Crippen LogP contribution < -0.4 is 10.1 Å². The highest BCUT2D eigenvalue weighted by molar-refractivity contribution is 5.98. The Morgan fingerprint density at radius 3 is 2.44 bits per heavy atom. The lowest BCUT2D eigenvalue weighted by Crippen LogP contribution is -2.24. The molecule has 7 nitrogen and oxygen atoms in total. The van der Waals surface area contributed by atoms with Crippen LogP contribution in [0.15, 0.2) is 73.1 Å². The summed E-state index contributed by atoms with van der Waals surface area (Å²) >= 11 is 0. The quantitative estimate of drug-likeness (QED) is 0.452. The van der Waals surface area contributed by atoms with Gasteiger partial charge >= 0.3 is 0 Å². The minimum atomic E-state index is -0.364. The van der Waals surface area contributed by atoms with Crippen molar-refractivity contribution in [2.24, 2.45) is 0 Å². The number of nitrogens with one attached hydrogen (secondary N) is 1. The molecule has 0 saturated heterocycles. The average Bonchev–Trinajstić information content (AvgIpc) is 3.28. The van der Waals surface area contributed by atoms with Crippen molar-refractivity contribution in [3.63, 3.8) is 0 Å². The Labute approximate surface area is 184 Å². The number of pyridine rings is 1. The van der Waals surface area contributed by atoms with Gasteiger partial charge in [-0.05, 0) is 60.5 Å². The van der Waals surface area contributed by atoms with Crippen LogP contribution in [0.2, 0.25) is 0 Å².